The zero-order valence-electron chi connectivity index (χ0n) is 5.49. The van der Waals surface area contributed by atoms with Crippen molar-refractivity contribution in [1.82, 2.24) is 0 Å². The van der Waals surface area contributed by atoms with Gasteiger partial charge in [-0.15, -0.1) is 0 Å². The summed E-state index contributed by atoms with van der Waals surface area (Å²) in [7, 11) is -2.34. The quantitative estimate of drug-likeness (QED) is 0.571. The van der Waals surface area contributed by atoms with E-state index in [0.29, 0.717) is 5.69 Å². The van der Waals surface area contributed by atoms with Gasteiger partial charge < -0.3 is 5.73 Å². The highest BCUT2D eigenvalue weighted by atomic mass is 79.9. The molecule has 0 saturated heterocycles. The summed E-state index contributed by atoms with van der Waals surface area (Å²) < 4.78 is 11.4. The maximum absolute atomic E-state index is 10.6. The number of hydrogen-bond acceptors (Lipinski definition) is 2. The molecule has 1 rings (SSSR count). The van der Waals surface area contributed by atoms with Crippen LogP contribution in [0.25, 0.3) is 0 Å². The molecular weight excluding hydrogens is 229 g/mol. The Balaban J connectivity index is 3.23. The molecule has 0 aliphatic rings. The summed E-state index contributed by atoms with van der Waals surface area (Å²) in [6, 6.07) is 4.84. The molecule has 0 amide bonds. The van der Waals surface area contributed by atoms with Crippen molar-refractivity contribution >= 4 is 34.9 Å². The van der Waals surface area contributed by atoms with E-state index in [1.165, 1.54) is 6.07 Å². The molecule has 0 aliphatic heterocycles. The SMILES string of the molecule is Nc1ccc(Br)cc1[P+](=O)O. The van der Waals surface area contributed by atoms with Gasteiger partial charge >= 0.3 is 8.03 Å². The van der Waals surface area contributed by atoms with E-state index in [2.05, 4.69) is 15.9 Å². The standard InChI is InChI=1S/C6H5BrNO2P/c7-4-1-2-5(8)6(3-4)11(9)10/h1-3H,8H2/p+1. The van der Waals surface area contributed by atoms with Gasteiger partial charge in [0, 0.05) is 10.5 Å². The maximum atomic E-state index is 10.6. The Hall–Kier alpha value is -0.440. The first-order valence-corrected chi connectivity index (χ1v) is 4.83. The molecule has 0 radical (unpaired) electrons. The molecule has 58 valence electrons. The second kappa shape index (κ2) is 3.30. The molecule has 0 saturated carbocycles. The Morgan fingerprint density at radius 2 is 2.18 bits per heavy atom. The topological polar surface area (TPSA) is 63.3 Å². The van der Waals surface area contributed by atoms with Crippen LogP contribution < -0.4 is 11.0 Å². The molecule has 3 nitrogen and oxygen atoms in total. The smallest absolute Gasteiger partial charge is 0.395 e. The van der Waals surface area contributed by atoms with E-state index in [9.17, 15) is 4.57 Å². The summed E-state index contributed by atoms with van der Waals surface area (Å²) in [4.78, 5) is 8.74. The fourth-order valence-electron chi connectivity index (χ4n) is 0.682. The highest BCUT2D eigenvalue weighted by Crippen LogP contribution is 2.21. The number of hydrogen-bond donors (Lipinski definition) is 2. The predicted octanol–water partition coefficient (Wildman–Crippen LogP) is 1.39. The summed E-state index contributed by atoms with van der Waals surface area (Å²) in [5.74, 6) is 0. The van der Waals surface area contributed by atoms with Gasteiger partial charge in [-0.05, 0) is 16.7 Å². The van der Waals surface area contributed by atoms with Crippen molar-refractivity contribution < 1.29 is 9.46 Å². The van der Waals surface area contributed by atoms with Gasteiger partial charge in [-0.2, -0.15) is 4.89 Å². The summed E-state index contributed by atoms with van der Waals surface area (Å²) in [5, 5.41) is 0.273. The lowest BCUT2D eigenvalue weighted by Crippen LogP contribution is -2.04. The van der Waals surface area contributed by atoms with Gasteiger partial charge in [-0.1, -0.05) is 15.9 Å². The van der Waals surface area contributed by atoms with Crippen LogP contribution in [0.15, 0.2) is 22.7 Å². The van der Waals surface area contributed by atoms with Gasteiger partial charge in [-0.3, -0.25) is 0 Å². The molecule has 1 unspecified atom stereocenters. The fraction of sp³-hybridized carbons (Fsp3) is 0. The van der Waals surface area contributed by atoms with Crippen LogP contribution in [0, 0.1) is 0 Å². The van der Waals surface area contributed by atoms with Crippen molar-refractivity contribution in [2.24, 2.45) is 0 Å². The van der Waals surface area contributed by atoms with Crippen LogP contribution in [0.1, 0.15) is 0 Å². The van der Waals surface area contributed by atoms with Crippen LogP contribution in [-0.4, -0.2) is 4.89 Å². The normalized spacial score (nSPS) is 11.3. The Labute approximate surface area is 73.2 Å². The van der Waals surface area contributed by atoms with Crippen LogP contribution in [0.2, 0.25) is 0 Å². The largest absolute Gasteiger partial charge is 0.548 e. The molecule has 0 spiro atoms. The fourth-order valence-corrected chi connectivity index (χ4v) is 1.77. The molecule has 0 bridgehead atoms. The van der Waals surface area contributed by atoms with Crippen LogP contribution in [0.3, 0.4) is 0 Å². The van der Waals surface area contributed by atoms with E-state index in [1.54, 1.807) is 12.1 Å². The first-order valence-electron chi connectivity index (χ1n) is 2.82. The second-order valence-electron chi connectivity index (χ2n) is 1.98. The average molecular weight is 235 g/mol. The van der Waals surface area contributed by atoms with Gasteiger partial charge in [0.15, 0.2) is 0 Å². The minimum absolute atomic E-state index is 0.273. The molecule has 0 heterocycles. The van der Waals surface area contributed by atoms with Crippen LogP contribution >= 0.6 is 24.0 Å². The number of rotatable bonds is 1. The minimum atomic E-state index is -2.34. The number of halogens is 1. The van der Waals surface area contributed by atoms with Gasteiger partial charge in [0.2, 0.25) is 5.30 Å². The zero-order valence-corrected chi connectivity index (χ0v) is 7.97. The predicted molar refractivity (Wildman–Crippen MR) is 48.0 cm³/mol. The lowest BCUT2D eigenvalue weighted by atomic mass is 10.3. The number of nitrogens with two attached hydrogens (primary N) is 1. The van der Waals surface area contributed by atoms with E-state index >= 15 is 0 Å². The lowest BCUT2D eigenvalue weighted by Gasteiger charge is -1.91. The molecule has 1 atom stereocenters. The van der Waals surface area contributed by atoms with E-state index in [0.717, 1.165) is 4.47 Å². The van der Waals surface area contributed by atoms with Crippen molar-refractivity contribution in [2.75, 3.05) is 5.73 Å². The van der Waals surface area contributed by atoms with Crippen LogP contribution in [0.4, 0.5) is 5.69 Å². The molecule has 11 heavy (non-hydrogen) atoms. The molecule has 3 N–H and O–H groups in total. The summed E-state index contributed by atoms with van der Waals surface area (Å²) in [6.45, 7) is 0. The Kier molecular flexibility index (Phi) is 2.60. The van der Waals surface area contributed by atoms with E-state index in [-0.39, 0.29) is 5.30 Å². The van der Waals surface area contributed by atoms with Crippen molar-refractivity contribution in [3.63, 3.8) is 0 Å². The Morgan fingerprint density at radius 1 is 1.55 bits per heavy atom. The first-order chi connectivity index (χ1) is 5.11. The van der Waals surface area contributed by atoms with Crippen molar-refractivity contribution in [1.29, 1.82) is 0 Å². The number of anilines is 1. The lowest BCUT2D eigenvalue weighted by molar-refractivity contribution is 0.513. The second-order valence-corrected chi connectivity index (χ2v) is 3.92. The molecule has 1 aromatic carbocycles. The van der Waals surface area contributed by atoms with Gasteiger partial charge in [0.05, 0.1) is 5.69 Å². The summed E-state index contributed by atoms with van der Waals surface area (Å²) in [5.41, 5.74) is 5.77. The monoisotopic (exact) mass is 234 g/mol. The van der Waals surface area contributed by atoms with Crippen LogP contribution in [-0.2, 0) is 4.57 Å². The molecule has 1 aromatic rings. The van der Waals surface area contributed by atoms with Crippen LogP contribution in [0.5, 0.6) is 0 Å². The van der Waals surface area contributed by atoms with Gasteiger partial charge in [0.25, 0.3) is 0 Å². The summed E-state index contributed by atoms with van der Waals surface area (Å²) >= 11 is 3.17. The molecule has 0 fully saturated rings. The van der Waals surface area contributed by atoms with E-state index in [4.69, 9.17) is 10.6 Å². The van der Waals surface area contributed by atoms with Crippen molar-refractivity contribution in [3.8, 4) is 0 Å². The molecule has 0 aromatic heterocycles. The maximum Gasteiger partial charge on any atom is 0.548 e. The third-order valence-electron chi connectivity index (χ3n) is 1.20. The first kappa shape index (κ1) is 8.65. The van der Waals surface area contributed by atoms with Crippen molar-refractivity contribution in [2.45, 2.75) is 0 Å². The summed E-state index contributed by atoms with van der Waals surface area (Å²) in [6.07, 6.45) is 0. The Morgan fingerprint density at radius 3 is 2.64 bits per heavy atom. The molecule has 0 aliphatic carbocycles. The minimum Gasteiger partial charge on any atom is -0.395 e. The van der Waals surface area contributed by atoms with Crippen molar-refractivity contribution in [3.05, 3.63) is 22.7 Å². The molecular formula is C6H6BrNO2P+. The van der Waals surface area contributed by atoms with Gasteiger partial charge in [-0.25, -0.2) is 0 Å². The zero-order chi connectivity index (χ0) is 8.43. The average Bonchev–Trinajstić information content (AvgIpc) is 1.94. The van der Waals surface area contributed by atoms with E-state index in [1.807, 2.05) is 0 Å². The Bertz CT molecular complexity index is 303. The number of benzene rings is 1. The number of nitrogen functional groups attached to an aromatic ring is 1. The molecule has 5 heteroatoms. The third-order valence-corrected chi connectivity index (χ3v) is 2.49. The highest BCUT2D eigenvalue weighted by Gasteiger charge is 2.19. The van der Waals surface area contributed by atoms with E-state index < -0.39 is 8.03 Å². The van der Waals surface area contributed by atoms with Gasteiger partial charge in [0.1, 0.15) is 0 Å². The third kappa shape index (κ3) is 1.99. The highest BCUT2D eigenvalue weighted by molar-refractivity contribution is 9.10.